The second kappa shape index (κ2) is 5.88. The number of carbonyl (C=O) groups is 1. The molecule has 0 atom stereocenters. The molecular formula is C15H18N2O3. The lowest BCUT2D eigenvalue weighted by atomic mass is 10.0. The molecule has 2 rings (SSSR count). The molecular weight excluding hydrogens is 256 g/mol. The van der Waals surface area contributed by atoms with Crippen molar-refractivity contribution in [2.45, 2.75) is 26.2 Å². The van der Waals surface area contributed by atoms with Gasteiger partial charge in [-0.15, -0.1) is 0 Å². The van der Waals surface area contributed by atoms with Crippen molar-refractivity contribution in [1.29, 1.82) is 0 Å². The Kier molecular flexibility index (Phi) is 4.20. The lowest BCUT2D eigenvalue weighted by molar-refractivity contribution is 0.0688. The van der Waals surface area contributed by atoms with Gasteiger partial charge in [-0.3, -0.25) is 0 Å². The Morgan fingerprint density at radius 2 is 2.15 bits per heavy atom. The van der Waals surface area contributed by atoms with Gasteiger partial charge in [0.05, 0.1) is 5.69 Å². The van der Waals surface area contributed by atoms with Crippen LogP contribution < -0.4 is 0 Å². The highest BCUT2D eigenvalue weighted by atomic mass is 16.4. The number of rotatable bonds is 5. The molecule has 0 amide bonds. The molecule has 20 heavy (non-hydrogen) atoms. The number of carboxylic acids is 1. The first-order valence-corrected chi connectivity index (χ1v) is 6.56. The van der Waals surface area contributed by atoms with Crippen LogP contribution in [0.25, 0.3) is 5.69 Å². The van der Waals surface area contributed by atoms with Gasteiger partial charge in [0.15, 0.2) is 5.69 Å². The fourth-order valence-electron chi connectivity index (χ4n) is 2.05. The van der Waals surface area contributed by atoms with Gasteiger partial charge in [0.1, 0.15) is 0 Å². The van der Waals surface area contributed by atoms with Crippen LogP contribution in [-0.2, 0) is 6.42 Å². The Balaban J connectivity index is 2.45. The number of aromatic carboxylic acids is 1. The largest absolute Gasteiger partial charge is 0.476 e. The van der Waals surface area contributed by atoms with Gasteiger partial charge in [0.25, 0.3) is 0 Å². The molecule has 0 bridgehead atoms. The summed E-state index contributed by atoms with van der Waals surface area (Å²) in [6.07, 6.45) is 1.95. The molecule has 0 aliphatic rings. The highest BCUT2D eigenvalue weighted by Crippen LogP contribution is 2.19. The van der Waals surface area contributed by atoms with Crippen molar-refractivity contribution < 1.29 is 15.0 Å². The molecule has 0 saturated heterocycles. The summed E-state index contributed by atoms with van der Waals surface area (Å²) in [5.41, 5.74) is 2.52. The van der Waals surface area contributed by atoms with Crippen molar-refractivity contribution in [2.24, 2.45) is 0 Å². The van der Waals surface area contributed by atoms with E-state index in [4.69, 9.17) is 10.2 Å². The molecule has 1 aromatic heterocycles. The second-order valence-corrected chi connectivity index (χ2v) is 4.98. The third-order valence-corrected chi connectivity index (χ3v) is 3.18. The van der Waals surface area contributed by atoms with Gasteiger partial charge in [-0.2, -0.15) is 5.10 Å². The van der Waals surface area contributed by atoms with Gasteiger partial charge < -0.3 is 10.2 Å². The lowest BCUT2D eigenvalue weighted by Crippen LogP contribution is -2.04. The van der Waals surface area contributed by atoms with E-state index in [0.717, 1.165) is 5.69 Å². The number of aliphatic hydroxyl groups excluding tert-OH is 1. The van der Waals surface area contributed by atoms with Crippen molar-refractivity contribution in [3.05, 3.63) is 47.3 Å². The van der Waals surface area contributed by atoms with Crippen LogP contribution >= 0.6 is 0 Å². The van der Waals surface area contributed by atoms with Crippen LogP contribution in [0.15, 0.2) is 30.5 Å². The summed E-state index contributed by atoms with van der Waals surface area (Å²) in [7, 11) is 0. The zero-order chi connectivity index (χ0) is 14.7. The lowest BCUT2D eigenvalue weighted by Gasteiger charge is -2.07. The Morgan fingerprint density at radius 3 is 2.75 bits per heavy atom. The molecule has 0 radical (unpaired) electrons. The van der Waals surface area contributed by atoms with Gasteiger partial charge in [0.2, 0.25) is 0 Å². The number of nitrogens with zero attached hydrogens (tertiary/aromatic N) is 2. The summed E-state index contributed by atoms with van der Waals surface area (Å²) in [6.45, 7) is 4.10. The molecule has 1 aromatic carbocycles. The number of hydrogen-bond acceptors (Lipinski definition) is 3. The number of benzene rings is 1. The predicted molar refractivity (Wildman–Crippen MR) is 75.4 cm³/mol. The van der Waals surface area contributed by atoms with Gasteiger partial charge in [-0.1, -0.05) is 26.0 Å². The van der Waals surface area contributed by atoms with E-state index in [9.17, 15) is 4.79 Å². The van der Waals surface area contributed by atoms with E-state index < -0.39 is 5.97 Å². The quantitative estimate of drug-likeness (QED) is 0.876. The summed E-state index contributed by atoms with van der Waals surface area (Å²) in [4.78, 5) is 11.2. The van der Waals surface area contributed by atoms with E-state index in [1.807, 2.05) is 24.3 Å². The number of hydrogen-bond donors (Lipinski definition) is 2. The smallest absolute Gasteiger partial charge is 0.356 e. The van der Waals surface area contributed by atoms with Crippen molar-refractivity contribution in [3.63, 3.8) is 0 Å². The molecule has 0 unspecified atom stereocenters. The monoisotopic (exact) mass is 274 g/mol. The standard InChI is InChI=1S/C15H18N2O3/c1-10(2)11-4-3-5-13(8-11)17-9-12(6-7-18)14(16-17)15(19)20/h3-5,8-10,18H,6-7H2,1-2H3,(H,19,20). The maximum Gasteiger partial charge on any atom is 0.356 e. The summed E-state index contributed by atoms with van der Waals surface area (Å²) in [5, 5.41) is 22.2. The normalized spacial score (nSPS) is 11.0. The highest BCUT2D eigenvalue weighted by molar-refractivity contribution is 5.87. The Bertz CT molecular complexity index is 617. The average Bonchev–Trinajstić information content (AvgIpc) is 2.83. The van der Waals surface area contributed by atoms with Gasteiger partial charge in [-0.25, -0.2) is 9.48 Å². The fraction of sp³-hybridized carbons (Fsp3) is 0.333. The maximum atomic E-state index is 11.2. The zero-order valence-electron chi connectivity index (χ0n) is 11.6. The molecule has 5 nitrogen and oxygen atoms in total. The first-order valence-electron chi connectivity index (χ1n) is 6.56. The fourth-order valence-corrected chi connectivity index (χ4v) is 2.05. The predicted octanol–water partition coefficient (Wildman–Crippen LogP) is 2.23. The van der Waals surface area contributed by atoms with Crippen LogP contribution in [0.1, 0.15) is 41.4 Å². The second-order valence-electron chi connectivity index (χ2n) is 4.98. The zero-order valence-corrected chi connectivity index (χ0v) is 11.6. The highest BCUT2D eigenvalue weighted by Gasteiger charge is 2.16. The molecule has 5 heteroatoms. The van der Waals surface area contributed by atoms with Crippen molar-refractivity contribution in [2.75, 3.05) is 6.61 Å². The van der Waals surface area contributed by atoms with Crippen LogP contribution in [0.4, 0.5) is 0 Å². The molecule has 0 aliphatic carbocycles. The summed E-state index contributed by atoms with van der Waals surface area (Å²) in [5.74, 6) is -0.686. The van der Waals surface area contributed by atoms with Gasteiger partial charge in [0, 0.05) is 18.4 Å². The first-order chi connectivity index (χ1) is 9.52. The van der Waals surface area contributed by atoms with E-state index in [2.05, 4.69) is 18.9 Å². The third kappa shape index (κ3) is 2.88. The molecule has 0 saturated carbocycles. The van der Waals surface area contributed by atoms with E-state index in [1.165, 1.54) is 5.56 Å². The maximum absolute atomic E-state index is 11.2. The average molecular weight is 274 g/mol. The topological polar surface area (TPSA) is 75.4 Å². The summed E-state index contributed by atoms with van der Waals surface area (Å²) < 4.78 is 1.56. The minimum Gasteiger partial charge on any atom is -0.476 e. The first kappa shape index (κ1) is 14.3. The molecule has 0 fully saturated rings. The van der Waals surface area contributed by atoms with Crippen molar-refractivity contribution in [1.82, 2.24) is 9.78 Å². The van der Waals surface area contributed by atoms with Crippen LogP contribution in [0, 0.1) is 0 Å². The number of carboxylic acid groups (broad SMARTS) is 1. The third-order valence-electron chi connectivity index (χ3n) is 3.18. The number of aliphatic hydroxyl groups is 1. The van der Waals surface area contributed by atoms with E-state index in [0.29, 0.717) is 11.5 Å². The summed E-state index contributed by atoms with van der Waals surface area (Å²) in [6, 6.07) is 7.84. The molecule has 0 aliphatic heterocycles. The Labute approximate surface area is 117 Å². The minimum absolute atomic E-state index is 0.00556. The molecule has 1 heterocycles. The molecule has 0 spiro atoms. The van der Waals surface area contributed by atoms with Crippen LogP contribution in [0.3, 0.4) is 0 Å². The Hall–Kier alpha value is -2.14. The van der Waals surface area contributed by atoms with Crippen molar-refractivity contribution in [3.8, 4) is 5.69 Å². The van der Waals surface area contributed by atoms with E-state index in [1.54, 1.807) is 10.9 Å². The molecule has 2 N–H and O–H groups in total. The van der Waals surface area contributed by atoms with Crippen LogP contribution in [-0.4, -0.2) is 32.6 Å². The van der Waals surface area contributed by atoms with Crippen LogP contribution in [0.5, 0.6) is 0 Å². The number of aromatic nitrogens is 2. The minimum atomic E-state index is -1.08. The van der Waals surface area contributed by atoms with E-state index in [-0.39, 0.29) is 18.7 Å². The Morgan fingerprint density at radius 1 is 1.40 bits per heavy atom. The van der Waals surface area contributed by atoms with Gasteiger partial charge >= 0.3 is 5.97 Å². The van der Waals surface area contributed by atoms with Crippen molar-refractivity contribution >= 4 is 5.97 Å². The van der Waals surface area contributed by atoms with Crippen LogP contribution in [0.2, 0.25) is 0 Å². The summed E-state index contributed by atoms with van der Waals surface area (Å²) >= 11 is 0. The molecule has 106 valence electrons. The molecule has 2 aromatic rings. The van der Waals surface area contributed by atoms with E-state index >= 15 is 0 Å². The van der Waals surface area contributed by atoms with Gasteiger partial charge in [-0.05, 0) is 30.0 Å². The SMILES string of the molecule is CC(C)c1cccc(-n2cc(CCO)c(C(=O)O)n2)c1.